The summed E-state index contributed by atoms with van der Waals surface area (Å²) in [5, 5.41) is 6.11. The number of hydrogen-bond donors (Lipinski definition) is 2. The average Bonchev–Trinajstić information content (AvgIpc) is 2.09. The SMILES string of the molecule is C=C(CC)CNCCC(=O)NC(C)(C)C. The summed E-state index contributed by atoms with van der Waals surface area (Å²) >= 11 is 0. The van der Waals surface area contributed by atoms with E-state index in [0.717, 1.165) is 13.0 Å². The highest BCUT2D eigenvalue weighted by Gasteiger charge is 2.12. The maximum absolute atomic E-state index is 11.4. The molecule has 3 heteroatoms. The molecule has 0 aromatic heterocycles. The Bertz CT molecular complexity index is 216. The van der Waals surface area contributed by atoms with Gasteiger partial charge in [-0.3, -0.25) is 4.79 Å². The Morgan fingerprint density at radius 2 is 1.93 bits per heavy atom. The molecule has 0 aromatic carbocycles. The third-order valence-corrected chi connectivity index (χ3v) is 1.92. The van der Waals surface area contributed by atoms with Gasteiger partial charge >= 0.3 is 0 Å². The summed E-state index contributed by atoms with van der Waals surface area (Å²) in [5.41, 5.74) is 1.04. The molecule has 0 bridgehead atoms. The Balaban J connectivity index is 3.52. The van der Waals surface area contributed by atoms with Crippen LogP contribution in [0, 0.1) is 0 Å². The summed E-state index contributed by atoms with van der Waals surface area (Å²) in [6.45, 7) is 13.4. The summed E-state index contributed by atoms with van der Waals surface area (Å²) in [5.74, 6) is 0.0945. The molecule has 2 N–H and O–H groups in total. The van der Waals surface area contributed by atoms with E-state index in [2.05, 4.69) is 24.1 Å². The highest BCUT2D eigenvalue weighted by atomic mass is 16.1. The first-order valence-corrected chi connectivity index (χ1v) is 5.53. The van der Waals surface area contributed by atoms with Gasteiger partial charge in [0.1, 0.15) is 0 Å². The van der Waals surface area contributed by atoms with Gasteiger partial charge in [-0.05, 0) is 27.2 Å². The molecule has 0 saturated carbocycles. The Hall–Kier alpha value is -0.830. The standard InChI is InChI=1S/C12H24N2O/c1-6-10(2)9-13-8-7-11(15)14-12(3,4)5/h13H,2,6-9H2,1,3-5H3,(H,14,15). The van der Waals surface area contributed by atoms with Crippen molar-refractivity contribution in [3.8, 4) is 0 Å². The maximum Gasteiger partial charge on any atom is 0.221 e. The quantitative estimate of drug-likeness (QED) is 0.521. The molecule has 1 amide bonds. The molecule has 0 aliphatic rings. The van der Waals surface area contributed by atoms with Gasteiger partial charge in [0.2, 0.25) is 5.91 Å². The minimum absolute atomic E-state index is 0.0945. The fourth-order valence-electron chi connectivity index (χ4n) is 1.07. The zero-order valence-electron chi connectivity index (χ0n) is 10.4. The van der Waals surface area contributed by atoms with Gasteiger partial charge in [-0.1, -0.05) is 19.1 Å². The Kier molecular flexibility index (Phi) is 6.25. The summed E-state index contributed by atoms with van der Waals surface area (Å²) < 4.78 is 0. The van der Waals surface area contributed by atoms with Gasteiger partial charge in [-0.15, -0.1) is 0 Å². The molecule has 88 valence electrons. The summed E-state index contributed by atoms with van der Waals surface area (Å²) in [4.78, 5) is 11.4. The molecule has 0 aliphatic carbocycles. The molecule has 0 heterocycles. The predicted molar refractivity (Wildman–Crippen MR) is 64.8 cm³/mol. The van der Waals surface area contributed by atoms with Crippen LogP contribution in [0.15, 0.2) is 12.2 Å². The molecule has 3 nitrogen and oxygen atoms in total. The molecule has 0 rings (SSSR count). The van der Waals surface area contributed by atoms with Crippen molar-refractivity contribution in [2.75, 3.05) is 13.1 Å². The smallest absolute Gasteiger partial charge is 0.221 e. The van der Waals surface area contributed by atoms with E-state index >= 15 is 0 Å². The van der Waals surface area contributed by atoms with Crippen molar-refractivity contribution in [1.82, 2.24) is 10.6 Å². The lowest BCUT2D eigenvalue weighted by Crippen LogP contribution is -2.41. The first-order chi connectivity index (χ1) is 6.85. The van der Waals surface area contributed by atoms with E-state index in [1.165, 1.54) is 5.57 Å². The second kappa shape index (κ2) is 6.62. The van der Waals surface area contributed by atoms with Crippen molar-refractivity contribution in [3.05, 3.63) is 12.2 Å². The topological polar surface area (TPSA) is 41.1 Å². The van der Waals surface area contributed by atoms with Gasteiger partial charge in [0.15, 0.2) is 0 Å². The predicted octanol–water partition coefficient (Wildman–Crippen LogP) is 1.85. The molecule has 0 radical (unpaired) electrons. The molecule has 0 spiro atoms. The number of rotatable bonds is 6. The third-order valence-electron chi connectivity index (χ3n) is 1.92. The first-order valence-electron chi connectivity index (χ1n) is 5.53. The second-order valence-electron chi connectivity index (χ2n) is 4.83. The second-order valence-corrected chi connectivity index (χ2v) is 4.83. The zero-order valence-corrected chi connectivity index (χ0v) is 10.4. The van der Waals surface area contributed by atoms with E-state index in [1.54, 1.807) is 0 Å². The summed E-state index contributed by atoms with van der Waals surface area (Å²) in [6, 6.07) is 0. The van der Waals surface area contributed by atoms with E-state index in [0.29, 0.717) is 13.0 Å². The third kappa shape index (κ3) is 9.47. The minimum Gasteiger partial charge on any atom is -0.351 e. The van der Waals surface area contributed by atoms with Crippen molar-refractivity contribution in [2.24, 2.45) is 0 Å². The van der Waals surface area contributed by atoms with Crippen LogP contribution in [-0.4, -0.2) is 24.5 Å². The van der Waals surface area contributed by atoms with Gasteiger partial charge in [0.05, 0.1) is 0 Å². The van der Waals surface area contributed by atoms with E-state index < -0.39 is 0 Å². The van der Waals surface area contributed by atoms with Gasteiger partial charge in [-0.25, -0.2) is 0 Å². The van der Waals surface area contributed by atoms with Crippen LogP contribution >= 0.6 is 0 Å². The lowest BCUT2D eigenvalue weighted by molar-refractivity contribution is -0.122. The highest BCUT2D eigenvalue weighted by molar-refractivity contribution is 5.76. The van der Waals surface area contributed by atoms with Gasteiger partial charge < -0.3 is 10.6 Å². The molecule has 0 atom stereocenters. The first kappa shape index (κ1) is 14.2. The van der Waals surface area contributed by atoms with Crippen LogP contribution in [0.4, 0.5) is 0 Å². The Morgan fingerprint density at radius 1 is 1.33 bits per heavy atom. The van der Waals surface area contributed by atoms with Crippen LogP contribution < -0.4 is 10.6 Å². The van der Waals surface area contributed by atoms with Crippen molar-refractivity contribution < 1.29 is 4.79 Å². The van der Waals surface area contributed by atoms with Crippen LogP contribution in [0.5, 0.6) is 0 Å². The molecule has 15 heavy (non-hydrogen) atoms. The molecule has 0 fully saturated rings. The highest BCUT2D eigenvalue weighted by Crippen LogP contribution is 1.98. The zero-order chi connectivity index (χ0) is 11.9. The van der Waals surface area contributed by atoms with E-state index in [4.69, 9.17) is 0 Å². The molecule has 0 aliphatic heterocycles. The van der Waals surface area contributed by atoms with E-state index in [9.17, 15) is 4.79 Å². The van der Waals surface area contributed by atoms with Crippen molar-refractivity contribution in [1.29, 1.82) is 0 Å². The summed E-state index contributed by atoms with van der Waals surface area (Å²) in [7, 11) is 0. The maximum atomic E-state index is 11.4. The van der Waals surface area contributed by atoms with Crippen molar-refractivity contribution in [2.45, 2.75) is 46.1 Å². The molecule has 0 unspecified atom stereocenters. The Morgan fingerprint density at radius 3 is 2.40 bits per heavy atom. The monoisotopic (exact) mass is 212 g/mol. The minimum atomic E-state index is -0.135. The van der Waals surface area contributed by atoms with Crippen molar-refractivity contribution >= 4 is 5.91 Å². The lowest BCUT2D eigenvalue weighted by Gasteiger charge is -2.20. The average molecular weight is 212 g/mol. The van der Waals surface area contributed by atoms with Crippen LogP contribution in [-0.2, 0) is 4.79 Å². The van der Waals surface area contributed by atoms with Crippen LogP contribution in [0.1, 0.15) is 40.5 Å². The van der Waals surface area contributed by atoms with Crippen molar-refractivity contribution in [3.63, 3.8) is 0 Å². The number of nitrogens with one attached hydrogen (secondary N) is 2. The van der Waals surface area contributed by atoms with Crippen LogP contribution in [0.2, 0.25) is 0 Å². The number of carbonyl (C=O) groups excluding carboxylic acids is 1. The van der Waals surface area contributed by atoms with Crippen LogP contribution in [0.3, 0.4) is 0 Å². The van der Waals surface area contributed by atoms with Gasteiger partial charge in [0.25, 0.3) is 0 Å². The van der Waals surface area contributed by atoms with Gasteiger partial charge in [-0.2, -0.15) is 0 Å². The number of amides is 1. The Labute approximate surface area is 93.3 Å². The normalized spacial score (nSPS) is 11.2. The lowest BCUT2D eigenvalue weighted by atomic mass is 10.1. The fourth-order valence-corrected chi connectivity index (χ4v) is 1.07. The van der Waals surface area contributed by atoms with Crippen LogP contribution in [0.25, 0.3) is 0 Å². The van der Waals surface area contributed by atoms with E-state index in [1.807, 2.05) is 20.8 Å². The molecular weight excluding hydrogens is 188 g/mol. The molecular formula is C12H24N2O. The van der Waals surface area contributed by atoms with Gasteiger partial charge in [0, 0.05) is 25.0 Å². The van der Waals surface area contributed by atoms with E-state index in [-0.39, 0.29) is 11.4 Å². The molecule has 0 saturated heterocycles. The summed E-state index contributed by atoms with van der Waals surface area (Å²) in [6.07, 6.45) is 1.51. The number of hydrogen-bond acceptors (Lipinski definition) is 2. The molecule has 0 aromatic rings. The fraction of sp³-hybridized carbons (Fsp3) is 0.750. The largest absolute Gasteiger partial charge is 0.351 e. The number of carbonyl (C=O) groups is 1.